The second-order valence-corrected chi connectivity index (χ2v) is 5.65. The second-order valence-electron chi connectivity index (χ2n) is 4.71. The largest absolute Gasteiger partial charge is 0.497 e. The van der Waals surface area contributed by atoms with Gasteiger partial charge in [-0.15, -0.1) is 16.8 Å². The van der Waals surface area contributed by atoms with Crippen molar-refractivity contribution in [2.24, 2.45) is 0 Å². The number of thioether (sulfide) groups is 1. The van der Waals surface area contributed by atoms with E-state index in [1.165, 1.54) is 11.8 Å². The number of rotatable bonds is 6. The summed E-state index contributed by atoms with van der Waals surface area (Å²) in [5.41, 5.74) is 2.23. The van der Waals surface area contributed by atoms with E-state index in [0.717, 1.165) is 16.7 Å². The van der Waals surface area contributed by atoms with Gasteiger partial charge in [-0.25, -0.2) is 4.98 Å². The lowest BCUT2D eigenvalue weighted by atomic mass is 10.2. The highest BCUT2D eigenvalue weighted by molar-refractivity contribution is 7.99. The Balaban J connectivity index is 1.83. The van der Waals surface area contributed by atoms with Crippen molar-refractivity contribution < 1.29 is 9.53 Å². The van der Waals surface area contributed by atoms with Crippen molar-refractivity contribution in [2.75, 3.05) is 19.4 Å². The van der Waals surface area contributed by atoms with E-state index in [-0.39, 0.29) is 11.7 Å². The molecule has 0 spiro atoms. The standard InChI is InChI=1S/C15H15N5O2S/c1-3-6-16-12(21)8-23-15-18-14-13(19-20-15)10-7-9(22-2)4-5-11(10)17-14/h3-5,7H,1,6,8H2,2H3,(H,16,21)(H,17,18,20). The van der Waals surface area contributed by atoms with Gasteiger partial charge in [-0.05, 0) is 18.2 Å². The van der Waals surface area contributed by atoms with Gasteiger partial charge in [-0.3, -0.25) is 4.79 Å². The molecule has 0 bridgehead atoms. The molecular weight excluding hydrogens is 314 g/mol. The third kappa shape index (κ3) is 3.26. The Bertz CT molecular complexity index is 877. The van der Waals surface area contributed by atoms with Gasteiger partial charge in [-0.2, -0.15) is 0 Å². The van der Waals surface area contributed by atoms with Crippen LogP contribution in [0.4, 0.5) is 0 Å². The fraction of sp³-hybridized carbons (Fsp3) is 0.200. The van der Waals surface area contributed by atoms with Gasteiger partial charge in [0, 0.05) is 17.4 Å². The highest BCUT2D eigenvalue weighted by Crippen LogP contribution is 2.26. The van der Waals surface area contributed by atoms with Crippen LogP contribution < -0.4 is 10.1 Å². The average Bonchev–Trinajstić information content (AvgIpc) is 2.94. The van der Waals surface area contributed by atoms with Gasteiger partial charge in [0.2, 0.25) is 11.1 Å². The molecule has 2 aromatic heterocycles. The van der Waals surface area contributed by atoms with Gasteiger partial charge < -0.3 is 15.0 Å². The Morgan fingerprint density at radius 1 is 1.48 bits per heavy atom. The highest BCUT2D eigenvalue weighted by atomic mass is 32.2. The summed E-state index contributed by atoms with van der Waals surface area (Å²) in [7, 11) is 1.62. The number of nitrogens with one attached hydrogen (secondary N) is 2. The van der Waals surface area contributed by atoms with Crippen LogP contribution in [0.3, 0.4) is 0 Å². The molecule has 0 saturated carbocycles. The minimum Gasteiger partial charge on any atom is -0.497 e. The molecule has 0 radical (unpaired) electrons. The minimum absolute atomic E-state index is 0.0972. The summed E-state index contributed by atoms with van der Waals surface area (Å²) in [6.07, 6.45) is 1.63. The Morgan fingerprint density at radius 3 is 3.13 bits per heavy atom. The Kier molecular flexibility index (Phi) is 4.42. The first kappa shape index (κ1) is 15.3. The van der Waals surface area contributed by atoms with E-state index in [9.17, 15) is 4.79 Å². The van der Waals surface area contributed by atoms with Gasteiger partial charge in [0.25, 0.3) is 0 Å². The number of methoxy groups -OCH3 is 1. The van der Waals surface area contributed by atoms with Gasteiger partial charge >= 0.3 is 0 Å². The fourth-order valence-corrected chi connectivity index (χ4v) is 2.71. The summed E-state index contributed by atoms with van der Waals surface area (Å²) in [6.45, 7) is 3.99. The maximum atomic E-state index is 11.6. The summed E-state index contributed by atoms with van der Waals surface area (Å²) in [6, 6.07) is 5.66. The number of hydrogen-bond donors (Lipinski definition) is 2. The molecule has 7 nitrogen and oxygen atoms in total. The zero-order valence-corrected chi connectivity index (χ0v) is 13.3. The van der Waals surface area contributed by atoms with Crippen molar-refractivity contribution in [3.05, 3.63) is 30.9 Å². The average molecular weight is 329 g/mol. The molecule has 3 rings (SSSR count). The molecule has 2 N–H and O–H groups in total. The molecule has 23 heavy (non-hydrogen) atoms. The zero-order valence-electron chi connectivity index (χ0n) is 12.5. The molecule has 0 atom stereocenters. The normalized spacial score (nSPS) is 10.8. The quantitative estimate of drug-likeness (QED) is 0.530. The van der Waals surface area contributed by atoms with Gasteiger partial charge in [0.15, 0.2) is 5.65 Å². The van der Waals surface area contributed by atoms with Crippen LogP contribution in [0.2, 0.25) is 0 Å². The third-order valence-electron chi connectivity index (χ3n) is 3.18. The van der Waals surface area contributed by atoms with E-state index in [1.54, 1.807) is 13.2 Å². The van der Waals surface area contributed by atoms with Crippen molar-refractivity contribution in [1.29, 1.82) is 0 Å². The molecule has 0 aliphatic carbocycles. The van der Waals surface area contributed by atoms with E-state index in [2.05, 4.69) is 32.1 Å². The van der Waals surface area contributed by atoms with Crippen molar-refractivity contribution in [1.82, 2.24) is 25.5 Å². The SMILES string of the molecule is C=CCNC(=O)CSc1nnc2c(n1)[nH]c1ccc(OC)cc12. The molecule has 1 aromatic carbocycles. The molecule has 1 amide bonds. The van der Waals surface area contributed by atoms with Crippen molar-refractivity contribution >= 4 is 39.7 Å². The summed E-state index contributed by atoms with van der Waals surface area (Å²) < 4.78 is 5.22. The van der Waals surface area contributed by atoms with E-state index in [0.29, 0.717) is 22.9 Å². The Morgan fingerprint density at radius 2 is 2.35 bits per heavy atom. The first-order chi connectivity index (χ1) is 11.2. The van der Waals surface area contributed by atoms with E-state index in [4.69, 9.17) is 4.74 Å². The maximum absolute atomic E-state index is 11.6. The fourth-order valence-electron chi connectivity index (χ4n) is 2.09. The summed E-state index contributed by atoms with van der Waals surface area (Å²) in [4.78, 5) is 19.2. The number of carbonyl (C=O) groups excluding carboxylic acids is 1. The van der Waals surface area contributed by atoms with E-state index >= 15 is 0 Å². The molecule has 118 valence electrons. The monoisotopic (exact) mass is 329 g/mol. The van der Waals surface area contributed by atoms with Crippen LogP contribution in [0.25, 0.3) is 22.1 Å². The Labute approximate surface area is 136 Å². The predicted molar refractivity (Wildman–Crippen MR) is 89.7 cm³/mol. The van der Waals surface area contributed by atoms with Crippen LogP contribution in [0.1, 0.15) is 0 Å². The molecule has 3 aromatic rings. The summed E-state index contributed by atoms with van der Waals surface area (Å²) in [5.74, 6) is 0.882. The lowest BCUT2D eigenvalue weighted by Gasteiger charge is -2.01. The maximum Gasteiger partial charge on any atom is 0.230 e. The lowest BCUT2D eigenvalue weighted by Crippen LogP contribution is -2.25. The lowest BCUT2D eigenvalue weighted by molar-refractivity contribution is -0.118. The number of hydrogen-bond acceptors (Lipinski definition) is 6. The highest BCUT2D eigenvalue weighted by Gasteiger charge is 2.11. The summed E-state index contributed by atoms with van der Waals surface area (Å²) in [5, 5.41) is 12.3. The molecule has 0 saturated heterocycles. The van der Waals surface area contributed by atoms with Crippen molar-refractivity contribution in [2.45, 2.75) is 5.16 Å². The molecule has 0 aliphatic rings. The molecule has 0 aliphatic heterocycles. The molecule has 0 unspecified atom stereocenters. The summed E-state index contributed by atoms with van der Waals surface area (Å²) >= 11 is 1.24. The van der Waals surface area contributed by atoms with Crippen LogP contribution in [-0.2, 0) is 4.79 Å². The number of fused-ring (bicyclic) bond motifs is 3. The number of ether oxygens (including phenoxy) is 1. The molecule has 2 heterocycles. The van der Waals surface area contributed by atoms with E-state index < -0.39 is 0 Å². The number of H-pyrrole nitrogens is 1. The zero-order chi connectivity index (χ0) is 16.2. The van der Waals surface area contributed by atoms with Gasteiger partial charge in [0.05, 0.1) is 12.9 Å². The number of aromatic amines is 1. The number of benzene rings is 1. The van der Waals surface area contributed by atoms with Crippen molar-refractivity contribution in [3.8, 4) is 5.75 Å². The van der Waals surface area contributed by atoms with Crippen molar-refractivity contribution in [3.63, 3.8) is 0 Å². The van der Waals surface area contributed by atoms with Crippen LogP contribution in [0, 0.1) is 0 Å². The first-order valence-corrected chi connectivity index (χ1v) is 7.90. The van der Waals surface area contributed by atoms with Crippen LogP contribution in [-0.4, -0.2) is 45.5 Å². The predicted octanol–water partition coefficient (Wildman–Crippen LogP) is 1.91. The van der Waals surface area contributed by atoms with Gasteiger partial charge in [0.1, 0.15) is 11.3 Å². The number of aromatic nitrogens is 4. The van der Waals surface area contributed by atoms with Crippen LogP contribution in [0.15, 0.2) is 36.0 Å². The van der Waals surface area contributed by atoms with Crippen LogP contribution >= 0.6 is 11.8 Å². The minimum atomic E-state index is -0.0972. The van der Waals surface area contributed by atoms with E-state index in [1.807, 2.05) is 18.2 Å². The first-order valence-electron chi connectivity index (χ1n) is 6.92. The molecule has 8 heteroatoms. The number of amides is 1. The second kappa shape index (κ2) is 6.66. The number of nitrogens with zero attached hydrogens (tertiary/aromatic N) is 3. The molecule has 0 fully saturated rings. The molecular formula is C15H15N5O2S. The smallest absolute Gasteiger partial charge is 0.230 e. The third-order valence-corrected chi connectivity index (χ3v) is 4.02. The topological polar surface area (TPSA) is 92.8 Å². The Hall–Kier alpha value is -2.61. The van der Waals surface area contributed by atoms with Crippen LogP contribution in [0.5, 0.6) is 5.75 Å². The number of carbonyl (C=O) groups is 1. The van der Waals surface area contributed by atoms with Gasteiger partial charge in [-0.1, -0.05) is 17.8 Å².